The first-order valence-corrected chi connectivity index (χ1v) is 17.9. The summed E-state index contributed by atoms with van der Waals surface area (Å²) in [7, 11) is 1.26. The second-order valence-corrected chi connectivity index (χ2v) is 13.5. The van der Waals surface area contributed by atoms with Crippen LogP contribution in [-0.4, -0.2) is 48.4 Å². The highest BCUT2D eigenvalue weighted by Crippen LogP contribution is 2.37. The number of allylic oxidation sites excluding steroid dienone is 1. The SMILES string of the molecule is CCOC(=O)C1=C(C)N=c2s/c(=C\c3cc(Br)c(OCc4ccc([N+](=O)[O-])cc4)c(Br)c3)c(=O)n2[C@@H]1c1ccc(OCC(=O)OC)c(OCC)c1. The van der Waals surface area contributed by atoms with Gasteiger partial charge in [-0.2, -0.15) is 0 Å². The van der Waals surface area contributed by atoms with E-state index in [4.69, 9.17) is 18.9 Å². The molecule has 0 fully saturated rings. The molecule has 1 aliphatic heterocycles. The Kier molecular flexibility index (Phi) is 12.1. The van der Waals surface area contributed by atoms with E-state index < -0.39 is 22.9 Å². The van der Waals surface area contributed by atoms with Gasteiger partial charge in [0.15, 0.2) is 22.9 Å². The molecule has 2 heterocycles. The summed E-state index contributed by atoms with van der Waals surface area (Å²) in [6.07, 6.45) is 1.72. The van der Waals surface area contributed by atoms with Crippen LogP contribution in [0.15, 0.2) is 84.6 Å². The molecule has 4 aromatic rings. The average molecular weight is 846 g/mol. The number of thiazole rings is 1. The van der Waals surface area contributed by atoms with Gasteiger partial charge >= 0.3 is 11.9 Å². The van der Waals surface area contributed by atoms with Gasteiger partial charge in [0, 0.05) is 12.1 Å². The molecule has 0 amide bonds. The molecule has 0 bridgehead atoms. The van der Waals surface area contributed by atoms with Gasteiger partial charge in [-0.25, -0.2) is 14.6 Å². The number of nitrogens with zero attached hydrogens (tertiary/aromatic N) is 3. The maximum Gasteiger partial charge on any atom is 0.343 e. The van der Waals surface area contributed by atoms with Gasteiger partial charge in [-0.1, -0.05) is 17.4 Å². The molecule has 16 heteroatoms. The molecule has 5 rings (SSSR count). The van der Waals surface area contributed by atoms with Gasteiger partial charge in [-0.3, -0.25) is 19.5 Å². The number of ether oxygens (including phenoxy) is 5. The summed E-state index contributed by atoms with van der Waals surface area (Å²) in [5.74, 6) is -0.0807. The summed E-state index contributed by atoms with van der Waals surface area (Å²) >= 11 is 8.28. The van der Waals surface area contributed by atoms with Crippen molar-refractivity contribution in [2.45, 2.75) is 33.4 Å². The molecule has 266 valence electrons. The second kappa shape index (κ2) is 16.5. The van der Waals surface area contributed by atoms with Crippen LogP contribution in [0.3, 0.4) is 0 Å². The number of nitro groups is 1. The highest BCUT2D eigenvalue weighted by molar-refractivity contribution is 9.11. The molecule has 0 spiro atoms. The molecule has 0 saturated carbocycles. The highest BCUT2D eigenvalue weighted by Gasteiger charge is 2.34. The van der Waals surface area contributed by atoms with E-state index in [1.807, 2.05) is 0 Å². The smallest absolute Gasteiger partial charge is 0.343 e. The summed E-state index contributed by atoms with van der Waals surface area (Å²) in [6, 6.07) is 13.7. The summed E-state index contributed by atoms with van der Waals surface area (Å²) < 4.78 is 30.6. The Labute approximate surface area is 312 Å². The molecular formula is C35H31Br2N3O10S. The van der Waals surface area contributed by atoms with E-state index >= 15 is 0 Å². The molecule has 51 heavy (non-hydrogen) atoms. The van der Waals surface area contributed by atoms with Crippen molar-refractivity contribution in [1.82, 2.24) is 4.57 Å². The Morgan fingerprint density at radius 3 is 2.33 bits per heavy atom. The molecule has 0 radical (unpaired) electrons. The predicted molar refractivity (Wildman–Crippen MR) is 195 cm³/mol. The molecule has 3 aromatic carbocycles. The molecule has 0 saturated heterocycles. The Bertz CT molecular complexity index is 2190. The monoisotopic (exact) mass is 843 g/mol. The minimum Gasteiger partial charge on any atom is -0.490 e. The summed E-state index contributed by atoms with van der Waals surface area (Å²) in [5.41, 5.74) is 2.15. The first-order valence-electron chi connectivity index (χ1n) is 15.5. The third-order valence-electron chi connectivity index (χ3n) is 7.52. The molecule has 1 aliphatic rings. The lowest BCUT2D eigenvalue weighted by atomic mass is 9.95. The molecule has 1 atom stereocenters. The van der Waals surface area contributed by atoms with E-state index in [1.165, 1.54) is 35.1 Å². The minimum absolute atomic E-state index is 0.00966. The van der Waals surface area contributed by atoms with E-state index in [0.717, 1.165) is 5.56 Å². The van der Waals surface area contributed by atoms with Crippen LogP contribution in [-0.2, 0) is 25.7 Å². The van der Waals surface area contributed by atoms with Crippen molar-refractivity contribution in [2.75, 3.05) is 26.9 Å². The Morgan fingerprint density at radius 2 is 1.71 bits per heavy atom. The third-order valence-corrected chi connectivity index (χ3v) is 9.68. The number of nitro benzene ring substituents is 1. The van der Waals surface area contributed by atoms with Gasteiger partial charge in [0.1, 0.15) is 12.4 Å². The number of fused-ring (bicyclic) bond motifs is 1. The van der Waals surface area contributed by atoms with Crippen molar-refractivity contribution in [3.8, 4) is 17.2 Å². The molecule has 13 nitrogen and oxygen atoms in total. The van der Waals surface area contributed by atoms with Crippen LogP contribution in [0.4, 0.5) is 5.69 Å². The van der Waals surface area contributed by atoms with Crippen molar-refractivity contribution in [2.24, 2.45) is 4.99 Å². The first kappa shape index (κ1) is 37.5. The van der Waals surface area contributed by atoms with E-state index in [0.29, 0.717) is 46.6 Å². The van der Waals surface area contributed by atoms with Gasteiger partial charge in [-0.05, 0) is 112 Å². The number of benzene rings is 3. The van der Waals surface area contributed by atoms with Gasteiger partial charge < -0.3 is 23.7 Å². The number of methoxy groups -OCH3 is 1. The fourth-order valence-corrected chi connectivity index (χ4v) is 7.70. The fraction of sp³-hybridized carbons (Fsp3) is 0.257. The Balaban J connectivity index is 1.54. The van der Waals surface area contributed by atoms with Crippen LogP contribution in [0.25, 0.3) is 6.08 Å². The van der Waals surface area contributed by atoms with Crippen LogP contribution in [0.5, 0.6) is 17.2 Å². The fourth-order valence-electron chi connectivity index (χ4n) is 5.21. The normalized spacial score (nSPS) is 14.0. The zero-order chi connectivity index (χ0) is 36.8. The summed E-state index contributed by atoms with van der Waals surface area (Å²) in [5, 5.41) is 11.0. The van der Waals surface area contributed by atoms with E-state index in [1.54, 1.807) is 69.3 Å². The maximum atomic E-state index is 14.2. The van der Waals surface area contributed by atoms with Crippen LogP contribution in [0.1, 0.15) is 43.5 Å². The lowest BCUT2D eigenvalue weighted by Crippen LogP contribution is -2.40. The van der Waals surface area contributed by atoms with Crippen molar-refractivity contribution < 1.29 is 38.2 Å². The van der Waals surface area contributed by atoms with Crippen LogP contribution in [0, 0.1) is 10.1 Å². The van der Waals surface area contributed by atoms with Crippen LogP contribution < -0.4 is 29.1 Å². The van der Waals surface area contributed by atoms with Gasteiger partial charge in [-0.15, -0.1) is 0 Å². The molecular weight excluding hydrogens is 814 g/mol. The molecule has 0 unspecified atom stereocenters. The summed E-state index contributed by atoms with van der Waals surface area (Å²) in [6.45, 7) is 5.41. The van der Waals surface area contributed by atoms with Crippen molar-refractivity contribution >= 4 is 66.9 Å². The number of esters is 2. The zero-order valence-corrected chi connectivity index (χ0v) is 31.8. The predicted octanol–water partition coefficient (Wildman–Crippen LogP) is 5.76. The number of hydrogen-bond acceptors (Lipinski definition) is 12. The number of non-ortho nitro benzene ring substituents is 1. The molecule has 0 N–H and O–H groups in total. The molecule has 0 aliphatic carbocycles. The van der Waals surface area contributed by atoms with Crippen LogP contribution in [0.2, 0.25) is 0 Å². The second-order valence-electron chi connectivity index (χ2n) is 10.8. The zero-order valence-electron chi connectivity index (χ0n) is 27.8. The number of rotatable bonds is 13. The average Bonchev–Trinajstić information content (AvgIpc) is 3.40. The lowest BCUT2D eigenvalue weighted by molar-refractivity contribution is -0.384. The first-order chi connectivity index (χ1) is 24.4. The van der Waals surface area contributed by atoms with E-state index in [2.05, 4.69) is 41.6 Å². The van der Waals surface area contributed by atoms with Gasteiger partial charge in [0.2, 0.25) is 0 Å². The highest BCUT2D eigenvalue weighted by atomic mass is 79.9. The van der Waals surface area contributed by atoms with Crippen LogP contribution >= 0.6 is 43.2 Å². The third kappa shape index (κ3) is 8.40. The standard InChI is InChI=1S/C35H31Br2N3O10S/c1-5-47-27-16-22(9-12-26(27)49-18-29(41)46-4)31-30(34(43)48-6-2)19(3)38-35-39(31)33(42)28(51-35)15-21-13-24(36)32(25(37)14-21)50-17-20-7-10-23(11-8-20)40(44)45/h7-16,31H,5-6,17-18H2,1-4H3/b28-15-/t31-/m1/s1. The number of hydrogen-bond donors (Lipinski definition) is 0. The number of carbonyl (C=O) groups is 2. The quantitative estimate of drug-likeness (QED) is 0.0921. The van der Waals surface area contributed by atoms with Crippen molar-refractivity contribution in [3.63, 3.8) is 0 Å². The van der Waals surface area contributed by atoms with Crippen molar-refractivity contribution in [3.05, 3.63) is 121 Å². The minimum atomic E-state index is -0.912. The van der Waals surface area contributed by atoms with Crippen molar-refractivity contribution in [1.29, 1.82) is 0 Å². The summed E-state index contributed by atoms with van der Waals surface area (Å²) in [4.78, 5) is 54.8. The van der Waals surface area contributed by atoms with E-state index in [-0.39, 0.29) is 49.0 Å². The number of aromatic nitrogens is 1. The number of carbonyl (C=O) groups excluding carboxylic acids is 2. The largest absolute Gasteiger partial charge is 0.490 e. The number of halogens is 2. The Morgan fingerprint density at radius 1 is 1.00 bits per heavy atom. The lowest BCUT2D eigenvalue weighted by Gasteiger charge is -2.25. The maximum absolute atomic E-state index is 14.2. The van der Waals surface area contributed by atoms with Gasteiger partial charge in [0.05, 0.1) is 56.0 Å². The van der Waals surface area contributed by atoms with Gasteiger partial charge in [0.25, 0.3) is 11.2 Å². The topological polar surface area (TPSA) is 158 Å². The van der Waals surface area contributed by atoms with E-state index in [9.17, 15) is 24.5 Å². The Hall–Kier alpha value is -4.80. The molecule has 1 aromatic heterocycles.